The molecule has 0 bridgehead atoms. The SMILES string of the molecule is O=C1c2ccccc2C(=O)c2cc3c(cc21)-c1ccccc1C31c2ccccc2N(c2cccc3ccccc23)c2ccccc21. The van der Waals surface area contributed by atoms with Gasteiger partial charge in [-0.3, -0.25) is 9.59 Å². The molecule has 0 saturated heterocycles. The van der Waals surface area contributed by atoms with Crippen LogP contribution in [0.15, 0.2) is 152 Å². The standard InChI is InChI=1S/C43H25NO2/c45-41-29-16-3-4-17-30(29)42(46)33-25-37-31(24-32(33)41)28-15-5-6-18-34(28)43(37)35-19-7-9-21-39(35)44(40-22-10-8-20-36(40)43)38-23-11-13-26-12-1-2-14-27(26)38/h1-25H. The lowest BCUT2D eigenvalue weighted by Crippen LogP contribution is -2.36. The highest BCUT2D eigenvalue weighted by molar-refractivity contribution is 6.29. The molecular formula is C43H25NO2. The largest absolute Gasteiger partial charge is 0.309 e. The molecule has 10 rings (SSSR count). The lowest BCUT2D eigenvalue weighted by Gasteiger charge is -2.45. The van der Waals surface area contributed by atoms with Crippen molar-refractivity contribution in [3.8, 4) is 11.1 Å². The summed E-state index contributed by atoms with van der Waals surface area (Å²) in [7, 11) is 0. The molecule has 1 aliphatic heterocycles. The molecule has 0 atom stereocenters. The molecule has 0 saturated carbocycles. The zero-order valence-electron chi connectivity index (χ0n) is 24.7. The average Bonchev–Trinajstić information content (AvgIpc) is 3.40. The highest BCUT2D eigenvalue weighted by Crippen LogP contribution is 2.64. The fourth-order valence-corrected chi connectivity index (χ4v) is 8.36. The second kappa shape index (κ2) is 8.99. The van der Waals surface area contributed by atoms with E-state index in [0.717, 1.165) is 50.4 Å². The number of ketones is 2. The van der Waals surface area contributed by atoms with Crippen LogP contribution >= 0.6 is 0 Å². The van der Waals surface area contributed by atoms with E-state index in [0.29, 0.717) is 22.3 Å². The minimum atomic E-state index is -0.699. The molecule has 46 heavy (non-hydrogen) atoms. The molecule has 2 aliphatic carbocycles. The number of benzene rings is 7. The van der Waals surface area contributed by atoms with E-state index in [4.69, 9.17) is 0 Å². The molecule has 0 N–H and O–H groups in total. The zero-order chi connectivity index (χ0) is 30.6. The van der Waals surface area contributed by atoms with Gasteiger partial charge in [0.05, 0.1) is 22.5 Å². The lowest BCUT2D eigenvalue weighted by atomic mass is 9.64. The van der Waals surface area contributed by atoms with E-state index >= 15 is 0 Å². The number of hydrogen-bond donors (Lipinski definition) is 0. The maximum Gasteiger partial charge on any atom is 0.194 e. The predicted molar refractivity (Wildman–Crippen MR) is 183 cm³/mol. The highest BCUT2D eigenvalue weighted by atomic mass is 16.1. The maximum atomic E-state index is 14.1. The molecule has 0 aromatic heterocycles. The van der Waals surface area contributed by atoms with Gasteiger partial charge in [0, 0.05) is 27.6 Å². The fraction of sp³-hybridized carbons (Fsp3) is 0.0233. The number of rotatable bonds is 1. The van der Waals surface area contributed by atoms with Crippen LogP contribution in [-0.2, 0) is 5.41 Å². The van der Waals surface area contributed by atoms with E-state index in [1.54, 1.807) is 12.1 Å². The third-order valence-electron chi connectivity index (χ3n) is 10.2. The zero-order valence-corrected chi connectivity index (χ0v) is 24.7. The van der Waals surface area contributed by atoms with Gasteiger partial charge in [-0.1, -0.05) is 121 Å². The highest BCUT2D eigenvalue weighted by Gasteiger charge is 2.52. The summed E-state index contributed by atoms with van der Waals surface area (Å²) in [6, 6.07) is 52.0. The van der Waals surface area contributed by atoms with Crippen LogP contribution in [0.25, 0.3) is 21.9 Å². The Balaban J connectivity index is 1.33. The van der Waals surface area contributed by atoms with Gasteiger partial charge in [-0.15, -0.1) is 0 Å². The number of nitrogens with zero attached hydrogens (tertiary/aromatic N) is 1. The summed E-state index contributed by atoms with van der Waals surface area (Å²) in [5.41, 5.74) is 11.0. The Morgan fingerprint density at radius 2 is 0.870 bits per heavy atom. The maximum absolute atomic E-state index is 14.1. The van der Waals surface area contributed by atoms with E-state index in [-0.39, 0.29) is 11.6 Å². The van der Waals surface area contributed by atoms with Crippen molar-refractivity contribution in [2.24, 2.45) is 0 Å². The molecule has 3 heteroatoms. The first-order valence-electron chi connectivity index (χ1n) is 15.6. The number of carbonyl (C=O) groups excluding carboxylic acids is 2. The minimum absolute atomic E-state index is 0.0991. The molecule has 214 valence electrons. The molecule has 1 heterocycles. The Morgan fingerprint density at radius 3 is 1.57 bits per heavy atom. The monoisotopic (exact) mass is 587 g/mol. The van der Waals surface area contributed by atoms with E-state index in [1.807, 2.05) is 24.3 Å². The van der Waals surface area contributed by atoms with Crippen molar-refractivity contribution < 1.29 is 9.59 Å². The fourth-order valence-electron chi connectivity index (χ4n) is 8.36. The van der Waals surface area contributed by atoms with Crippen molar-refractivity contribution in [3.63, 3.8) is 0 Å². The van der Waals surface area contributed by atoms with Gasteiger partial charge < -0.3 is 4.90 Å². The van der Waals surface area contributed by atoms with Gasteiger partial charge in [0.1, 0.15) is 0 Å². The van der Waals surface area contributed by atoms with Crippen molar-refractivity contribution in [1.82, 2.24) is 0 Å². The van der Waals surface area contributed by atoms with Gasteiger partial charge in [-0.25, -0.2) is 0 Å². The Morgan fingerprint density at radius 1 is 0.370 bits per heavy atom. The smallest absolute Gasteiger partial charge is 0.194 e. The number of carbonyl (C=O) groups is 2. The first-order chi connectivity index (χ1) is 22.7. The van der Waals surface area contributed by atoms with E-state index in [2.05, 4.69) is 120 Å². The second-order valence-corrected chi connectivity index (χ2v) is 12.3. The molecule has 3 aliphatic rings. The van der Waals surface area contributed by atoms with Crippen LogP contribution in [-0.4, -0.2) is 11.6 Å². The van der Waals surface area contributed by atoms with Gasteiger partial charge in [-0.2, -0.15) is 0 Å². The van der Waals surface area contributed by atoms with Crippen molar-refractivity contribution in [2.75, 3.05) is 4.90 Å². The Hall–Kier alpha value is -6.06. The second-order valence-electron chi connectivity index (χ2n) is 12.3. The summed E-state index contributed by atoms with van der Waals surface area (Å²) in [6.07, 6.45) is 0. The molecule has 0 fully saturated rings. The van der Waals surface area contributed by atoms with Gasteiger partial charge in [0.2, 0.25) is 0 Å². The molecule has 1 spiro atoms. The molecular weight excluding hydrogens is 562 g/mol. The van der Waals surface area contributed by atoms with Crippen LogP contribution in [0.2, 0.25) is 0 Å². The number of anilines is 3. The Labute approximate surface area is 266 Å². The minimum Gasteiger partial charge on any atom is -0.309 e. The third kappa shape index (κ3) is 3.02. The van der Waals surface area contributed by atoms with Crippen molar-refractivity contribution in [3.05, 3.63) is 196 Å². The lowest BCUT2D eigenvalue weighted by molar-refractivity contribution is 0.0979. The Kier molecular flexibility index (Phi) is 4.94. The Bertz CT molecular complexity index is 2440. The summed E-state index contributed by atoms with van der Waals surface area (Å²) in [5, 5.41) is 2.36. The van der Waals surface area contributed by atoms with Crippen molar-refractivity contribution in [1.29, 1.82) is 0 Å². The molecule has 0 amide bonds. The first-order valence-corrected chi connectivity index (χ1v) is 15.6. The molecule has 3 nitrogen and oxygen atoms in total. The van der Waals surface area contributed by atoms with Crippen LogP contribution in [0.5, 0.6) is 0 Å². The summed E-state index contributed by atoms with van der Waals surface area (Å²) < 4.78 is 0. The summed E-state index contributed by atoms with van der Waals surface area (Å²) in [5.74, 6) is -0.202. The van der Waals surface area contributed by atoms with Crippen LogP contribution in [0.3, 0.4) is 0 Å². The summed E-state index contributed by atoms with van der Waals surface area (Å²) >= 11 is 0. The average molecular weight is 588 g/mol. The quantitative estimate of drug-likeness (QED) is 0.192. The number of fused-ring (bicyclic) bond motifs is 12. The van der Waals surface area contributed by atoms with Crippen molar-refractivity contribution >= 4 is 39.4 Å². The van der Waals surface area contributed by atoms with Crippen molar-refractivity contribution in [2.45, 2.75) is 5.41 Å². The summed E-state index contributed by atoms with van der Waals surface area (Å²) in [6.45, 7) is 0. The van der Waals surface area contributed by atoms with Gasteiger partial charge in [-0.05, 0) is 69.1 Å². The van der Waals surface area contributed by atoms with Crippen LogP contribution in [0.4, 0.5) is 17.1 Å². The normalized spacial score (nSPS) is 14.7. The number of para-hydroxylation sites is 2. The first kappa shape index (κ1) is 25.3. The molecule has 7 aromatic carbocycles. The van der Waals surface area contributed by atoms with Gasteiger partial charge in [0.25, 0.3) is 0 Å². The van der Waals surface area contributed by atoms with Crippen LogP contribution in [0.1, 0.15) is 54.1 Å². The van der Waals surface area contributed by atoms with Crippen LogP contribution < -0.4 is 4.90 Å². The van der Waals surface area contributed by atoms with E-state index < -0.39 is 5.41 Å². The van der Waals surface area contributed by atoms with E-state index in [1.165, 1.54) is 10.8 Å². The summed E-state index contributed by atoms with van der Waals surface area (Å²) in [4.78, 5) is 30.4. The molecule has 7 aromatic rings. The molecule has 0 radical (unpaired) electrons. The van der Waals surface area contributed by atoms with E-state index in [9.17, 15) is 9.59 Å². The topological polar surface area (TPSA) is 37.4 Å². The number of hydrogen-bond acceptors (Lipinski definition) is 3. The third-order valence-corrected chi connectivity index (χ3v) is 10.2. The van der Waals surface area contributed by atoms with Gasteiger partial charge >= 0.3 is 0 Å². The predicted octanol–water partition coefficient (Wildman–Crippen LogP) is 9.76. The van der Waals surface area contributed by atoms with Gasteiger partial charge in [0.15, 0.2) is 11.6 Å². The molecule has 0 unspecified atom stereocenters. The van der Waals surface area contributed by atoms with Crippen LogP contribution in [0, 0.1) is 0 Å².